The van der Waals surface area contributed by atoms with Gasteiger partial charge in [0.05, 0.1) is 12.8 Å². The molecule has 0 saturated heterocycles. The fourth-order valence-corrected chi connectivity index (χ4v) is 7.30. The zero-order chi connectivity index (χ0) is 34.9. The van der Waals surface area contributed by atoms with Crippen molar-refractivity contribution in [1.82, 2.24) is 0 Å². The third-order valence-corrected chi connectivity index (χ3v) is 9.63. The molecule has 4 nitrogen and oxygen atoms in total. The number of aryl methyl sites for hydroxylation is 2. The predicted octanol–water partition coefficient (Wildman–Crippen LogP) is 11.0. The molecular formula is C43H59FO4. The van der Waals surface area contributed by atoms with Gasteiger partial charge in [-0.05, 0) is 114 Å². The third-order valence-electron chi connectivity index (χ3n) is 9.63. The van der Waals surface area contributed by atoms with E-state index in [1.165, 1.54) is 0 Å². The Morgan fingerprint density at radius 2 is 1.21 bits per heavy atom. The van der Waals surface area contributed by atoms with Gasteiger partial charge in [0.2, 0.25) is 0 Å². The zero-order valence-electron chi connectivity index (χ0n) is 30.0. The molecule has 3 rings (SSSR count). The fraction of sp³-hybridized carbons (Fsp3) is 0.535. The molecule has 3 aromatic carbocycles. The molecule has 1 atom stereocenters. The van der Waals surface area contributed by atoms with E-state index in [0.717, 1.165) is 116 Å². The highest BCUT2D eigenvalue weighted by Crippen LogP contribution is 2.38. The van der Waals surface area contributed by atoms with Crippen molar-refractivity contribution in [2.75, 3.05) is 0 Å². The van der Waals surface area contributed by atoms with Gasteiger partial charge in [-0.2, -0.15) is 0 Å². The standard InChI is InChI=1S/C43H59FO4/c1-5-9-13-21-32-24-35(39(36(25-32)29-40(45)46)26-31-19-16-12-17-20-31)27-33(18-8-4)42-37(30-41(47)48)28-34(22-14-10-6-2)43(44)38(42)23-15-11-7-3/h12,16-17,19-20,24-25,28,33H,5-11,13-15,18,21-23,26-27,29-30H2,1-4H3,(H,45,46)(H,47,48). The Bertz CT molecular complexity index is 1450. The molecular weight excluding hydrogens is 599 g/mol. The van der Waals surface area contributed by atoms with Gasteiger partial charge in [0.1, 0.15) is 5.82 Å². The Balaban J connectivity index is 2.27. The molecule has 0 bridgehead atoms. The number of hydrogen-bond acceptors (Lipinski definition) is 2. The highest BCUT2D eigenvalue weighted by atomic mass is 19.1. The summed E-state index contributed by atoms with van der Waals surface area (Å²) >= 11 is 0. The van der Waals surface area contributed by atoms with E-state index >= 15 is 4.39 Å². The van der Waals surface area contributed by atoms with Crippen LogP contribution in [0.15, 0.2) is 48.5 Å². The van der Waals surface area contributed by atoms with Gasteiger partial charge in [-0.1, -0.05) is 121 Å². The topological polar surface area (TPSA) is 74.6 Å². The first-order valence-electron chi connectivity index (χ1n) is 18.7. The van der Waals surface area contributed by atoms with Crippen LogP contribution in [0.3, 0.4) is 0 Å². The van der Waals surface area contributed by atoms with Crippen LogP contribution in [0, 0.1) is 5.82 Å². The van der Waals surface area contributed by atoms with E-state index in [-0.39, 0.29) is 24.6 Å². The maximum Gasteiger partial charge on any atom is 0.307 e. The summed E-state index contributed by atoms with van der Waals surface area (Å²) in [4.78, 5) is 24.5. The second-order valence-corrected chi connectivity index (χ2v) is 13.7. The van der Waals surface area contributed by atoms with Gasteiger partial charge < -0.3 is 10.2 Å². The van der Waals surface area contributed by atoms with Gasteiger partial charge in [-0.15, -0.1) is 0 Å². The largest absolute Gasteiger partial charge is 0.481 e. The Hall–Kier alpha value is -3.47. The van der Waals surface area contributed by atoms with E-state index in [1.54, 1.807) is 0 Å². The van der Waals surface area contributed by atoms with E-state index in [2.05, 4.69) is 52.0 Å². The van der Waals surface area contributed by atoms with Crippen LogP contribution in [0.5, 0.6) is 0 Å². The Morgan fingerprint density at radius 1 is 0.625 bits per heavy atom. The maximum atomic E-state index is 16.6. The molecule has 0 spiro atoms. The molecule has 0 saturated carbocycles. The summed E-state index contributed by atoms with van der Waals surface area (Å²) in [6.45, 7) is 8.59. The number of hydrogen-bond donors (Lipinski definition) is 2. The molecule has 2 N–H and O–H groups in total. The van der Waals surface area contributed by atoms with E-state index in [4.69, 9.17) is 0 Å². The van der Waals surface area contributed by atoms with E-state index in [0.29, 0.717) is 36.8 Å². The molecule has 0 aliphatic carbocycles. The third kappa shape index (κ3) is 11.9. The number of carboxylic acids is 2. The van der Waals surface area contributed by atoms with Crippen molar-refractivity contribution in [3.05, 3.63) is 104 Å². The molecule has 1 unspecified atom stereocenters. The summed E-state index contributed by atoms with van der Waals surface area (Å²) in [5.74, 6) is -1.98. The number of carboxylic acid groups (broad SMARTS) is 2. The smallest absolute Gasteiger partial charge is 0.307 e. The van der Waals surface area contributed by atoms with Crippen LogP contribution in [-0.2, 0) is 54.5 Å². The van der Waals surface area contributed by atoms with Crippen molar-refractivity contribution >= 4 is 11.9 Å². The fourth-order valence-electron chi connectivity index (χ4n) is 7.30. The van der Waals surface area contributed by atoms with Crippen molar-refractivity contribution in [3.63, 3.8) is 0 Å². The lowest BCUT2D eigenvalue weighted by molar-refractivity contribution is -0.137. The van der Waals surface area contributed by atoms with E-state index < -0.39 is 11.9 Å². The van der Waals surface area contributed by atoms with Gasteiger partial charge in [-0.25, -0.2) is 4.39 Å². The highest BCUT2D eigenvalue weighted by molar-refractivity contribution is 5.72. The van der Waals surface area contributed by atoms with Crippen LogP contribution in [-0.4, -0.2) is 22.2 Å². The highest BCUT2D eigenvalue weighted by Gasteiger charge is 2.27. The molecule has 0 aliphatic rings. The molecule has 5 heteroatoms. The lowest BCUT2D eigenvalue weighted by atomic mass is 9.77. The summed E-state index contributed by atoms with van der Waals surface area (Å²) in [7, 11) is 0. The van der Waals surface area contributed by atoms with E-state index in [1.807, 2.05) is 24.3 Å². The second-order valence-electron chi connectivity index (χ2n) is 13.7. The Kier molecular flexibility index (Phi) is 16.9. The number of aliphatic carboxylic acids is 2. The van der Waals surface area contributed by atoms with Crippen molar-refractivity contribution < 1.29 is 24.2 Å². The van der Waals surface area contributed by atoms with Crippen LogP contribution in [0.4, 0.5) is 4.39 Å². The summed E-state index contributed by atoms with van der Waals surface area (Å²) < 4.78 is 16.6. The molecule has 0 fully saturated rings. The van der Waals surface area contributed by atoms with Gasteiger partial charge in [0, 0.05) is 0 Å². The molecule has 3 aromatic rings. The number of rotatable bonds is 23. The number of halogens is 1. The monoisotopic (exact) mass is 658 g/mol. The first kappa shape index (κ1) is 39.0. The number of benzene rings is 3. The van der Waals surface area contributed by atoms with Crippen LogP contribution >= 0.6 is 0 Å². The minimum atomic E-state index is -0.899. The zero-order valence-corrected chi connectivity index (χ0v) is 30.0. The lowest BCUT2D eigenvalue weighted by Crippen LogP contribution is -2.17. The second kappa shape index (κ2) is 20.8. The average Bonchev–Trinajstić information content (AvgIpc) is 3.04. The van der Waals surface area contributed by atoms with Crippen LogP contribution < -0.4 is 0 Å². The maximum absolute atomic E-state index is 16.6. The van der Waals surface area contributed by atoms with Crippen molar-refractivity contribution in [2.24, 2.45) is 0 Å². The molecule has 0 heterocycles. The molecule has 0 aromatic heterocycles. The van der Waals surface area contributed by atoms with Crippen LogP contribution in [0.2, 0.25) is 0 Å². The molecule has 262 valence electrons. The molecule has 0 amide bonds. The lowest BCUT2D eigenvalue weighted by Gasteiger charge is -2.27. The predicted molar refractivity (Wildman–Crippen MR) is 196 cm³/mol. The first-order valence-corrected chi connectivity index (χ1v) is 18.7. The molecule has 0 aliphatic heterocycles. The summed E-state index contributed by atoms with van der Waals surface area (Å²) in [6, 6.07) is 16.4. The van der Waals surface area contributed by atoms with Gasteiger partial charge in [0.25, 0.3) is 0 Å². The van der Waals surface area contributed by atoms with Crippen LogP contribution in [0.1, 0.15) is 154 Å². The van der Waals surface area contributed by atoms with Gasteiger partial charge in [0.15, 0.2) is 0 Å². The summed E-state index contributed by atoms with van der Waals surface area (Å²) in [6.07, 6.45) is 13.9. The Labute approximate surface area is 289 Å². The van der Waals surface area contributed by atoms with Crippen LogP contribution in [0.25, 0.3) is 0 Å². The minimum absolute atomic E-state index is 0.0527. The SMILES string of the molecule is CCCCCc1cc(CC(=O)O)c(Cc2ccccc2)c(CC(CCC)c2c(CC(=O)O)cc(CCCCC)c(F)c2CCCCC)c1. The normalized spacial score (nSPS) is 11.9. The number of carbonyl (C=O) groups is 2. The van der Waals surface area contributed by atoms with Gasteiger partial charge in [-0.3, -0.25) is 9.59 Å². The Morgan fingerprint density at radius 3 is 1.81 bits per heavy atom. The van der Waals surface area contributed by atoms with Crippen molar-refractivity contribution in [3.8, 4) is 0 Å². The van der Waals surface area contributed by atoms with Crippen molar-refractivity contribution in [2.45, 2.75) is 149 Å². The average molecular weight is 659 g/mol. The molecule has 0 radical (unpaired) electrons. The number of unbranched alkanes of at least 4 members (excludes halogenated alkanes) is 6. The molecule has 48 heavy (non-hydrogen) atoms. The quantitative estimate of drug-likeness (QED) is 0.0994. The first-order chi connectivity index (χ1) is 23.2. The van der Waals surface area contributed by atoms with Crippen molar-refractivity contribution in [1.29, 1.82) is 0 Å². The summed E-state index contributed by atoms with van der Waals surface area (Å²) in [5, 5.41) is 20.1. The minimum Gasteiger partial charge on any atom is -0.481 e. The summed E-state index contributed by atoms with van der Waals surface area (Å²) in [5.41, 5.74) is 8.24. The van der Waals surface area contributed by atoms with E-state index in [9.17, 15) is 19.8 Å². The van der Waals surface area contributed by atoms with Gasteiger partial charge >= 0.3 is 11.9 Å².